The molecule has 0 unspecified atom stereocenters. The minimum atomic E-state index is -0.267. The van der Waals surface area contributed by atoms with Crippen LogP contribution in [0.5, 0.6) is 0 Å². The Morgan fingerprint density at radius 2 is 1.95 bits per heavy atom. The third-order valence-electron chi connectivity index (χ3n) is 3.14. The van der Waals surface area contributed by atoms with Crippen LogP contribution in [0.25, 0.3) is 11.3 Å². The van der Waals surface area contributed by atoms with Gasteiger partial charge in [-0.05, 0) is 36.4 Å². The van der Waals surface area contributed by atoms with Crippen LogP contribution in [-0.2, 0) is 0 Å². The molecule has 1 aromatic heterocycles. The van der Waals surface area contributed by atoms with Crippen molar-refractivity contribution in [1.82, 2.24) is 4.98 Å². The van der Waals surface area contributed by atoms with Crippen molar-refractivity contribution in [3.05, 3.63) is 72.2 Å². The van der Waals surface area contributed by atoms with Gasteiger partial charge in [0.25, 0.3) is 5.91 Å². The van der Waals surface area contributed by atoms with Gasteiger partial charge in [-0.25, -0.2) is 4.98 Å². The van der Waals surface area contributed by atoms with Crippen molar-refractivity contribution in [3.8, 4) is 11.3 Å². The monoisotopic (exact) mass is 292 g/mol. The maximum absolute atomic E-state index is 12.1. The van der Waals surface area contributed by atoms with Gasteiger partial charge < -0.3 is 9.73 Å². The van der Waals surface area contributed by atoms with E-state index in [2.05, 4.69) is 10.3 Å². The largest absolute Gasteiger partial charge is 0.444 e. The number of hydrogen-bond donors (Lipinski definition) is 1. The van der Waals surface area contributed by atoms with E-state index in [4.69, 9.17) is 4.42 Å². The molecule has 0 bridgehead atoms. The molecule has 0 fully saturated rings. The number of hydrogen-bond acceptors (Lipinski definition) is 4. The van der Waals surface area contributed by atoms with Crippen LogP contribution in [0.1, 0.15) is 20.7 Å². The van der Waals surface area contributed by atoms with Crippen LogP contribution < -0.4 is 5.32 Å². The maximum atomic E-state index is 12.1. The Morgan fingerprint density at radius 1 is 1.14 bits per heavy atom. The predicted octanol–water partition coefficient (Wildman–Crippen LogP) is 3.41. The van der Waals surface area contributed by atoms with Crippen LogP contribution in [0, 0.1) is 0 Å². The second-order valence-electron chi connectivity index (χ2n) is 4.64. The Morgan fingerprint density at radius 3 is 2.64 bits per heavy atom. The van der Waals surface area contributed by atoms with Crippen LogP contribution in [-0.4, -0.2) is 17.2 Å². The van der Waals surface area contributed by atoms with Crippen molar-refractivity contribution < 1.29 is 14.0 Å². The van der Waals surface area contributed by atoms with Gasteiger partial charge >= 0.3 is 0 Å². The number of amides is 1. The number of carbonyl (C=O) groups excluding carboxylic acids is 2. The maximum Gasteiger partial charge on any atom is 0.255 e. The SMILES string of the molecule is O=Cc1cccc(C(=O)Nc2ccc(-c3cnco3)cc2)c1. The number of nitrogens with zero attached hydrogens (tertiary/aromatic N) is 1. The molecule has 5 heteroatoms. The zero-order valence-electron chi connectivity index (χ0n) is 11.5. The van der Waals surface area contributed by atoms with Crippen molar-refractivity contribution in [2.45, 2.75) is 0 Å². The predicted molar refractivity (Wildman–Crippen MR) is 81.7 cm³/mol. The molecule has 0 spiro atoms. The molecule has 2 aromatic carbocycles. The molecule has 1 N–H and O–H groups in total. The fraction of sp³-hybridized carbons (Fsp3) is 0. The molecule has 0 aliphatic carbocycles. The van der Waals surface area contributed by atoms with E-state index in [0.29, 0.717) is 28.9 Å². The van der Waals surface area contributed by atoms with E-state index in [1.807, 2.05) is 12.1 Å². The van der Waals surface area contributed by atoms with E-state index in [1.165, 1.54) is 6.39 Å². The molecule has 108 valence electrons. The van der Waals surface area contributed by atoms with E-state index >= 15 is 0 Å². The molecule has 0 aliphatic heterocycles. The lowest BCUT2D eigenvalue weighted by atomic mass is 10.1. The number of rotatable bonds is 4. The van der Waals surface area contributed by atoms with Gasteiger partial charge in [0.15, 0.2) is 12.2 Å². The third kappa shape index (κ3) is 2.93. The Hall–Kier alpha value is -3.21. The summed E-state index contributed by atoms with van der Waals surface area (Å²) in [5, 5.41) is 2.78. The van der Waals surface area contributed by atoms with Gasteiger partial charge in [-0.1, -0.05) is 12.1 Å². The molecule has 0 radical (unpaired) electrons. The summed E-state index contributed by atoms with van der Waals surface area (Å²) in [6, 6.07) is 13.7. The van der Waals surface area contributed by atoms with Crippen molar-refractivity contribution in [3.63, 3.8) is 0 Å². The molecule has 3 aromatic rings. The number of oxazole rings is 1. The number of anilines is 1. The minimum absolute atomic E-state index is 0.267. The Labute approximate surface area is 126 Å². The van der Waals surface area contributed by atoms with E-state index < -0.39 is 0 Å². The molecular formula is C17H12N2O3. The highest BCUT2D eigenvalue weighted by Crippen LogP contribution is 2.21. The first-order chi connectivity index (χ1) is 10.8. The van der Waals surface area contributed by atoms with Crippen LogP contribution in [0.4, 0.5) is 5.69 Å². The summed E-state index contributed by atoms with van der Waals surface area (Å²) in [7, 11) is 0. The zero-order chi connectivity index (χ0) is 15.4. The number of nitrogens with one attached hydrogen (secondary N) is 1. The molecule has 3 rings (SSSR count). The fourth-order valence-electron chi connectivity index (χ4n) is 2.03. The van der Waals surface area contributed by atoms with Gasteiger partial charge in [0.05, 0.1) is 6.20 Å². The summed E-state index contributed by atoms with van der Waals surface area (Å²) < 4.78 is 5.20. The first kappa shape index (κ1) is 13.8. The Kier molecular flexibility index (Phi) is 3.78. The third-order valence-corrected chi connectivity index (χ3v) is 3.14. The number of benzene rings is 2. The molecular weight excluding hydrogens is 280 g/mol. The first-order valence-electron chi connectivity index (χ1n) is 6.62. The lowest BCUT2D eigenvalue weighted by Gasteiger charge is -2.06. The normalized spacial score (nSPS) is 10.2. The van der Waals surface area contributed by atoms with E-state index in [0.717, 1.165) is 5.56 Å². The van der Waals surface area contributed by atoms with Gasteiger partial charge in [0, 0.05) is 22.4 Å². The molecule has 1 heterocycles. The van der Waals surface area contributed by atoms with Gasteiger partial charge in [0.1, 0.15) is 6.29 Å². The average molecular weight is 292 g/mol. The van der Waals surface area contributed by atoms with Crippen LogP contribution >= 0.6 is 0 Å². The summed E-state index contributed by atoms with van der Waals surface area (Å²) in [6.07, 6.45) is 3.70. The molecule has 0 saturated heterocycles. The van der Waals surface area contributed by atoms with Crippen LogP contribution in [0.15, 0.2) is 65.5 Å². The number of carbonyl (C=O) groups is 2. The summed E-state index contributed by atoms with van der Waals surface area (Å²) in [5.41, 5.74) is 2.43. The van der Waals surface area contributed by atoms with E-state index in [-0.39, 0.29) is 5.91 Å². The molecule has 22 heavy (non-hydrogen) atoms. The van der Waals surface area contributed by atoms with Gasteiger partial charge in [-0.3, -0.25) is 9.59 Å². The highest BCUT2D eigenvalue weighted by Gasteiger charge is 2.07. The van der Waals surface area contributed by atoms with E-state index in [9.17, 15) is 9.59 Å². The minimum Gasteiger partial charge on any atom is -0.444 e. The lowest BCUT2D eigenvalue weighted by Crippen LogP contribution is -2.12. The van der Waals surface area contributed by atoms with Crippen molar-refractivity contribution >= 4 is 17.9 Å². The quantitative estimate of drug-likeness (QED) is 0.748. The summed E-state index contributed by atoms with van der Waals surface area (Å²) in [6.45, 7) is 0. The van der Waals surface area contributed by atoms with Gasteiger partial charge in [-0.15, -0.1) is 0 Å². The van der Waals surface area contributed by atoms with Gasteiger partial charge in [0.2, 0.25) is 0 Å². The molecule has 0 aliphatic rings. The second kappa shape index (κ2) is 6.05. The summed E-state index contributed by atoms with van der Waals surface area (Å²) in [4.78, 5) is 26.7. The van der Waals surface area contributed by atoms with Crippen LogP contribution in [0.3, 0.4) is 0 Å². The lowest BCUT2D eigenvalue weighted by molar-refractivity contribution is 0.102. The van der Waals surface area contributed by atoms with Crippen molar-refractivity contribution in [2.24, 2.45) is 0 Å². The fourth-order valence-corrected chi connectivity index (χ4v) is 2.03. The van der Waals surface area contributed by atoms with Gasteiger partial charge in [-0.2, -0.15) is 0 Å². The summed E-state index contributed by atoms with van der Waals surface area (Å²) in [5.74, 6) is 0.396. The highest BCUT2D eigenvalue weighted by molar-refractivity contribution is 6.05. The highest BCUT2D eigenvalue weighted by atomic mass is 16.3. The van der Waals surface area contributed by atoms with Crippen LogP contribution in [0.2, 0.25) is 0 Å². The molecule has 0 atom stereocenters. The molecule has 1 amide bonds. The second-order valence-corrected chi connectivity index (χ2v) is 4.64. The summed E-state index contributed by atoms with van der Waals surface area (Å²) >= 11 is 0. The number of aromatic nitrogens is 1. The topological polar surface area (TPSA) is 72.2 Å². The zero-order valence-corrected chi connectivity index (χ0v) is 11.5. The average Bonchev–Trinajstić information content (AvgIpc) is 3.10. The Balaban J connectivity index is 1.75. The Bertz CT molecular complexity index is 793. The van der Waals surface area contributed by atoms with Crippen molar-refractivity contribution in [2.75, 3.05) is 5.32 Å². The first-order valence-corrected chi connectivity index (χ1v) is 6.62. The van der Waals surface area contributed by atoms with E-state index in [1.54, 1.807) is 42.6 Å². The smallest absolute Gasteiger partial charge is 0.255 e. The number of aldehydes is 1. The molecule has 0 saturated carbocycles. The standard InChI is InChI=1S/C17H12N2O3/c20-10-12-2-1-3-14(8-12)17(21)19-15-6-4-13(5-7-15)16-9-18-11-22-16/h1-11H,(H,19,21). The van der Waals surface area contributed by atoms with Crippen molar-refractivity contribution in [1.29, 1.82) is 0 Å². The molecule has 5 nitrogen and oxygen atoms in total.